The monoisotopic (exact) mass is 503 g/mol. The summed E-state index contributed by atoms with van der Waals surface area (Å²) < 4.78 is 21.2. The Balaban J connectivity index is 1.65. The number of aryl methyl sites for hydroxylation is 1. The molecule has 1 aromatic rings. The average molecular weight is 504 g/mol. The molecule has 3 atom stereocenters. The summed E-state index contributed by atoms with van der Waals surface area (Å²) in [5.41, 5.74) is 0.914. The van der Waals surface area contributed by atoms with E-state index < -0.39 is 57.2 Å². The van der Waals surface area contributed by atoms with Crippen LogP contribution in [0.2, 0.25) is 0 Å². The van der Waals surface area contributed by atoms with Crippen LogP contribution < -0.4 is 10.0 Å². The third-order valence-corrected chi connectivity index (χ3v) is 8.66. The second kappa shape index (κ2) is 10.0. The third-order valence-electron chi connectivity index (χ3n) is 6.98. The lowest BCUT2D eigenvalue weighted by atomic mass is 9.73. The smallest absolute Gasteiger partial charge is 0.331 e. The number of rotatable bonds is 6. The first-order valence-corrected chi connectivity index (χ1v) is 13.2. The number of barbiturate groups is 1. The largest absolute Gasteiger partial charge is 0.598 e. The number of ether oxygens (including phenoxy) is 1. The topological polar surface area (TPSA) is 128 Å². The van der Waals surface area contributed by atoms with Gasteiger partial charge in [0.05, 0.1) is 5.54 Å². The lowest BCUT2D eigenvalue weighted by molar-refractivity contribution is -0.150. The average Bonchev–Trinajstić information content (AvgIpc) is 2.79. The number of carbonyl (C=O) groups excluding carboxylic acids is 4. The molecule has 0 bridgehead atoms. The maximum atomic E-state index is 13.7. The maximum Gasteiger partial charge on any atom is 0.331 e. The summed E-state index contributed by atoms with van der Waals surface area (Å²) in [5, 5.41) is 2.21. The van der Waals surface area contributed by atoms with Crippen LogP contribution in [-0.2, 0) is 42.4 Å². The Morgan fingerprint density at radius 1 is 1.23 bits per heavy atom. The number of imide groups is 2. The zero-order valence-corrected chi connectivity index (χ0v) is 21.2. The summed E-state index contributed by atoms with van der Waals surface area (Å²) in [6.07, 6.45) is 2.84. The van der Waals surface area contributed by atoms with E-state index in [1.165, 1.54) is 0 Å². The Bertz CT molecular complexity index is 1020. The molecule has 2 heterocycles. The van der Waals surface area contributed by atoms with Gasteiger partial charge in [-0.3, -0.25) is 24.6 Å². The number of ketones is 1. The second-order valence-electron chi connectivity index (χ2n) is 10.5. The zero-order valence-electron chi connectivity index (χ0n) is 20.4. The van der Waals surface area contributed by atoms with E-state index in [0.29, 0.717) is 32.5 Å². The number of Topliss-reactive ketones (excluding diaryl/α,β-unsaturated/α-hetero) is 1. The minimum atomic E-state index is -1.62. The van der Waals surface area contributed by atoms with E-state index >= 15 is 0 Å². The molecule has 190 valence electrons. The maximum absolute atomic E-state index is 13.7. The Morgan fingerprint density at radius 3 is 2.60 bits per heavy atom. The first-order chi connectivity index (χ1) is 16.5. The van der Waals surface area contributed by atoms with E-state index in [-0.39, 0.29) is 6.42 Å². The van der Waals surface area contributed by atoms with Crippen LogP contribution in [0.15, 0.2) is 24.3 Å². The van der Waals surface area contributed by atoms with E-state index in [1.54, 1.807) is 0 Å². The van der Waals surface area contributed by atoms with Gasteiger partial charge in [-0.25, -0.2) is 4.79 Å². The zero-order chi connectivity index (χ0) is 25.4. The van der Waals surface area contributed by atoms with Gasteiger partial charge in [0.15, 0.2) is 11.7 Å². The van der Waals surface area contributed by atoms with Crippen molar-refractivity contribution in [2.45, 2.75) is 75.6 Å². The molecular formula is C25H33N3O6S. The predicted octanol–water partition coefficient (Wildman–Crippen LogP) is 2.10. The highest BCUT2D eigenvalue weighted by Crippen LogP contribution is 2.41. The van der Waals surface area contributed by atoms with Gasteiger partial charge in [-0.05, 0) is 64.0 Å². The van der Waals surface area contributed by atoms with Gasteiger partial charge in [0.2, 0.25) is 5.91 Å². The lowest BCUT2D eigenvalue weighted by Crippen LogP contribution is -2.64. The fourth-order valence-electron chi connectivity index (χ4n) is 5.14. The number of benzene rings is 1. The van der Waals surface area contributed by atoms with Crippen molar-refractivity contribution in [1.29, 1.82) is 0 Å². The SMILES string of the molecule is CC(C)(C)[S+]([O-])N[C@@]1(CC(=O)[C@H]2C(=O)NC(=O)N(C3CCOCC3)C2=O)CCCc2ccccc21. The molecule has 10 heteroatoms. The Kier molecular flexibility index (Phi) is 7.38. The molecule has 4 rings (SSSR count). The highest BCUT2D eigenvalue weighted by molar-refractivity contribution is 7.90. The molecule has 4 amide bonds. The lowest BCUT2D eigenvalue weighted by Gasteiger charge is -2.42. The molecule has 35 heavy (non-hydrogen) atoms. The number of fused-ring (bicyclic) bond motifs is 1. The molecule has 2 fully saturated rings. The van der Waals surface area contributed by atoms with Crippen molar-refractivity contribution in [3.63, 3.8) is 0 Å². The quantitative estimate of drug-likeness (QED) is 0.449. The van der Waals surface area contributed by atoms with Crippen molar-refractivity contribution < 1.29 is 28.5 Å². The van der Waals surface area contributed by atoms with Crippen LogP contribution in [0.25, 0.3) is 0 Å². The van der Waals surface area contributed by atoms with Gasteiger partial charge in [-0.2, -0.15) is 0 Å². The van der Waals surface area contributed by atoms with Crippen molar-refractivity contribution in [2.75, 3.05) is 13.2 Å². The van der Waals surface area contributed by atoms with Crippen molar-refractivity contribution in [3.8, 4) is 0 Å². The normalized spacial score (nSPS) is 26.8. The van der Waals surface area contributed by atoms with Crippen molar-refractivity contribution in [1.82, 2.24) is 14.9 Å². The van der Waals surface area contributed by atoms with E-state index in [4.69, 9.17) is 4.74 Å². The third kappa shape index (κ3) is 5.16. The van der Waals surface area contributed by atoms with Gasteiger partial charge in [0, 0.05) is 37.0 Å². The summed E-state index contributed by atoms with van der Waals surface area (Å²) in [5.74, 6) is -3.89. The van der Waals surface area contributed by atoms with E-state index in [2.05, 4.69) is 10.0 Å². The van der Waals surface area contributed by atoms with Crippen LogP contribution in [0.3, 0.4) is 0 Å². The number of amides is 4. The number of nitrogens with one attached hydrogen (secondary N) is 2. The minimum Gasteiger partial charge on any atom is -0.598 e. The fraction of sp³-hybridized carbons (Fsp3) is 0.600. The van der Waals surface area contributed by atoms with Crippen molar-refractivity contribution >= 4 is 35.0 Å². The van der Waals surface area contributed by atoms with Gasteiger partial charge in [0.25, 0.3) is 5.91 Å². The molecule has 9 nitrogen and oxygen atoms in total. The second-order valence-corrected chi connectivity index (χ2v) is 12.5. The van der Waals surface area contributed by atoms with Gasteiger partial charge in [0.1, 0.15) is 4.75 Å². The first-order valence-electron chi connectivity index (χ1n) is 12.1. The van der Waals surface area contributed by atoms with E-state index in [1.807, 2.05) is 45.0 Å². The van der Waals surface area contributed by atoms with E-state index in [9.17, 15) is 23.7 Å². The minimum absolute atomic E-state index is 0.189. The molecule has 1 aliphatic carbocycles. The number of hydrogen-bond donors (Lipinski definition) is 2. The molecule has 0 spiro atoms. The van der Waals surface area contributed by atoms with Crippen LogP contribution in [-0.4, -0.2) is 57.1 Å². The van der Waals surface area contributed by atoms with Gasteiger partial charge >= 0.3 is 6.03 Å². The summed E-state index contributed by atoms with van der Waals surface area (Å²) in [6.45, 7) is 6.33. The summed E-state index contributed by atoms with van der Waals surface area (Å²) in [4.78, 5) is 53.3. The highest BCUT2D eigenvalue weighted by Gasteiger charge is 2.51. The molecule has 2 saturated heterocycles. The van der Waals surface area contributed by atoms with Gasteiger partial charge in [-0.15, -0.1) is 4.72 Å². The summed E-state index contributed by atoms with van der Waals surface area (Å²) >= 11 is -1.50. The van der Waals surface area contributed by atoms with Gasteiger partial charge < -0.3 is 9.29 Å². The Hall–Kier alpha value is -2.27. The molecule has 2 N–H and O–H groups in total. The Labute approximate surface area is 208 Å². The fourth-order valence-corrected chi connectivity index (χ4v) is 6.08. The molecule has 0 aromatic heterocycles. The van der Waals surface area contributed by atoms with Gasteiger partial charge in [-0.1, -0.05) is 24.3 Å². The molecule has 2 aliphatic heterocycles. The van der Waals surface area contributed by atoms with Crippen molar-refractivity contribution in [3.05, 3.63) is 35.4 Å². The number of urea groups is 1. The van der Waals surface area contributed by atoms with Crippen molar-refractivity contribution in [2.24, 2.45) is 5.92 Å². The molecular weight excluding hydrogens is 470 g/mol. The summed E-state index contributed by atoms with van der Waals surface area (Å²) in [6, 6.07) is 6.48. The highest BCUT2D eigenvalue weighted by atomic mass is 32.2. The molecule has 1 aromatic carbocycles. The molecule has 0 radical (unpaired) electrons. The summed E-state index contributed by atoms with van der Waals surface area (Å²) in [7, 11) is 0. The van der Waals surface area contributed by atoms with Crippen LogP contribution in [0.5, 0.6) is 0 Å². The standard InChI is InChI=1S/C25H33N3O6S/c1-24(2,3)35(33)27-25(12-6-8-16-7-4-5-9-18(16)25)15-19(29)20-21(30)26-23(32)28(22(20)31)17-10-13-34-14-11-17/h4-5,7,9,17,20,27H,6,8,10-15H2,1-3H3,(H,26,30,32)/t20-,25+,35?/m0/s1. The predicted molar refractivity (Wildman–Crippen MR) is 129 cm³/mol. The first kappa shape index (κ1) is 25.8. The Morgan fingerprint density at radius 2 is 1.91 bits per heavy atom. The van der Waals surface area contributed by atoms with Crippen LogP contribution >= 0.6 is 0 Å². The molecule has 1 unspecified atom stereocenters. The van der Waals surface area contributed by atoms with Crippen LogP contribution in [0, 0.1) is 5.92 Å². The number of nitrogens with zero attached hydrogens (tertiary/aromatic N) is 1. The van der Waals surface area contributed by atoms with Crippen LogP contribution in [0.4, 0.5) is 4.79 Å². The van der Waals surface area contributed by atoms with E-state index in [0.717, 1.165) is 28.9 Å². The molecule has 0 saturated carbocycles. The van der Waals surface area contributed by atoms with Crippen LogP contribution in [0.1, 0.15) is 64.0 Å². The molecule has 3 aliphatic rings. The number of hydrogen-bond acceptors (Lipinski definition) is 7. The number of carbonyl (C=O) groups is 4.